The minimum Gasteiger partial charge on any atom is -0.455 e. The molecule has 0 saturated heterocycles. The fourth-order valence-electron chi connectivity index (χ4n) is 8.32. The second-order valence-corrected chi connectivity index (χ2v) is 13.2. The van der Waals surface area contributed by atoms with Crippen LogP contribution >= 0.6 is 0 Å². The second-order valence-electron chi connectivity index (χ2n) is 13.2. The van der Waals surface area contributed by atoms with Crippen molar-refractivity contribution in [3.8, 4) is 33.4 Å². The predicted octanol–water partition coefficient (Wildman–Crippen LogP) is 13.8. The summed E-state index contributed by atoms with van der Waals surface area (Å²) in [6.45, 7) is 0. The summed E-state index contributed by atoms with van der Waals surface area (Å²) in [5.41, 5.74) is 9.04. The highest BCUT2D eigenvalue weighted by molar-refractivity contribution is 6.29. The van der Waals surface area contributed by atoms with Crippen molar-refractivity contribution in [1.29, 1.82) is 0 Å². The van der Waals surface area contributed by atoms with Crippen LogP contribution in [0.3, 0.4) is 0 Å². The maximum absolute atomic E-state index is 7.02. The van der Waals surface area contributed by atoms with E-state index < -0.39 is 0 Å². The van der Waals surface area contributed by atoms with E-state index in [-0.39, 0.29) is 0 Å². The monoisotopic (exact) mass is 620 g/mol. The molecule has 0 aliphatic rings. The van der Waals surface area contributed by atoms with E-state index in [1.165, 1.54) is 70.7 Å². The van der Waals surface area contributed by atoms with Crippen molar-refractivity contribution in [3.63, 3.8) is 0 Å². The Morgan fingerprint density at radius 3 is 1.65 bits per heavy atom. The van der Waals surface area contributed by atoms with Crippen LogP contribution in [0.25, 0.3) is 109 Å². The highest BCUT2D eigenvalue weighted by Crippen LogP contribution is 2.47. The molecule has 11 rings (SSSR count). The molecule has 1 heterocycles. The number of furan rings is 1. The molecule has 0 radical (unpaired) electrons. The molecule has 10 aromatic carbocycles. The van der Waals surface area contributed by atoms with Gasteiger partial charge in [-0.1, -0.05) is 152 Å². The molecule has 0 fully saturated rings. The topological polar surface area (TPSA) is 13.1 Å². The standard InChI is InChI=1S/C48H28O/c1-2-9-30(10-3-1)36-21-17-32-20-24-41-39(22-18-33-19-23-40(36)44(32)45(33)41)42-27-26-38(35-15-14-29-8-4-5-12-34(29)28-35)48-46(42)43-25-16-31-11-6-7-13-37(31)47(43)49-48/h1-28H. The van der Waals surface area contributed by atoms with Gasteiger partial charge in [0.15, 0.2) is 0 Å². The van der Waals surface area contributed by atoms with Crippen molar-refractivity contribution < 1.29 is 4.42 Å². The summed E-state index contributed by atoms with van der Waals surface area (Å²) in [5, 5.41) is 14.8. The van der Waals surface area contributed by atoms with Crippen LogP contribution in [0, 0.1) is 0 Å². The third-order valence-corrected chi connectivity index (χ3v) is 10.6. The fraction of sp³-hybridized carbons (Fsp3) is 0. The van der Waals surface area contributed by atoms with Gasteiger partial charge >= 0.3 is 0 Å². The van der Waals surface area contributed by atoms with Gasteiger partial charge in [-0.2, -0.15) is 0 Å². The zero-order valence-corrected chi connectivity index (χ0v) is 26.6. The van der Waals surface area contributed by atoms with Crippen molar-refractivity contribution in [2.45, 2.75) is 0 Å². The average Bonchev–Trinajstić information content (AvgIpc) is 3.57. The summed E-state index contributed by atoms with van der Waals surface area (Å²) in [6.07, 6.45) is 0. The van der Waals surface area contributed by atoms with Crippen molar-refractivity contribution in [3.05, 3.63) is 170 Å². The summed E-state index contributed by atoms with van der Waals surface area (Å²) in [6, 6.07) is 62.0. The SMILES string of the molecule is c1ccc(-c2ccc3ccc4c(-c5ccc(-c6ccc7ccccc7c6)c6oc7c8ccccc8ccc7c56)ccc5ccc2c3c54)cc1. The number of fused-ring (bicyclic) bond motifs is 6. The largest absolute Gasteiger partial charge is 0.455 e. The first-order valence-corrected chi connectivity index (χ1v) is 16.9. The quantitative estimate of drug-likeness (QED) is 0.179. The molecule has 226 valence electrons. The van der Waals surface area contributed by atoms with Crippen molar-refractivity contribution in [2.75, 3.05) is 0 Å². The zero-order valence-electron chi connectivity index (χ0n) is 26.6. The van der Waals surface area contributed by atoms with E-state index in [0.717, 1.165) is 38.5 Å². The van der Waals surface area contributed by atoms with Gasteiger partial charge in [0.2, 0.25) is 0 Å². The van der Waals surface area contributed by atoms with Gasteiger partial charge in [0.05, 0.1) is 0 Å². The highest BCUT2D eigenvalue weighted by Gasteiger charge is 2.21. The minimum absolute atomic E-state index is 0.927. The third kappa shape index (κ3) is 3.82. The minimum atomic E-state index is 0.927. The lowest BCUT2D eigenvalue weighted by Gasteiger charge is -2.17. The van der Waals surface area contributed by atoms with Crippen LogP contribution < -0.4 is 0 Å². The summed E-state index contributed by atoms with van der Waals surface area (Å²) < 4.78 is 7.02. The van der Waals surface area contributed by atoms with Crippen LogP contribution in [-0.4, -0.2) is 0 Å². The van der Waals surface area contributed by atoms with E-state index >= 15 is 0 Å². The first-order chi connectivity index (χ1) is 24.3. The molecule has 0 bridgehead atoms. The van der Waals surface area contributed by atoms with Crippen LogP contribution in [-0.2, 0) is 0 Å². The van der Waals surface area contributed by atoms with Gasteiger partial charge in [0.25, 0.3) is 0 Å². The van der Waals surface area contributed by atoms with Gasteiger partial charge in [-0.15, -0.1) is 0 Å². The summed E-state index contributed by atoms with van der Waals surface area (Å²) in [5.74, 6) is 0. The highest BCUT2D eigenvalue weighted by atomic mass is 16.3. The molecule has 0 N–H and O–H groups in total. The predicted molar refractivity (Wildman–Crippen MR) is 209 cm³/mol. The van der Waals surface area contributed by atoms with Crippen molar-refractivity contribution in [2.24, 2.45) is 0 Å². The molecule has 1 nitrogen and oxygen atoms in total. The molecule has 0 saturated carbocycles. The molecule has 1 aromatic heterocycles. The Balaban J connectivity index is 1.24. The lowest BCUT2D eigenvalue weighted by atomic mass is 9.86. The lowest BCUT2D eigenvalue weighted by molar-refractivity contribution is 0.674. The van der Waals surface area contributed by atoms with Gasteiger partial charge in [0, 0.05) is 21.7 Å². The molecule has 0 atom stereocenters. The molecular formula is C48H28O. The van der Waals surface area contributed by atoms with Gasteiger partial charge in [-0.3, -0.25) is 0 Å². The first-order valence-electron chi connectivity index (χ1n) is 16.9. The van der Waals surface area contributed by atoms with Crippen LogP contribution in [0.1, 0.15) is 0 Å². The lowest BCUT2D eigenvalue weighted by Crippen LogP contribution is -1.90. The Morgan fingerprint density at radius 2 is 0.837 bits per heavy atom. The maximum atomic E-state index is 7.02. The van der Waals surface area contributed by atoms with Crippen LogP contribution in [0.5, 0.6) is 0 Å². The van der Waals surface area contributed by atoms with E-state index in [0.29, 0.717) is 0 Å². The normalized spacial score (nSPS) is 12.1. The molecule has 0 aliphatic heterocycles. The molecule has 1 heteroatoms. The zero-order chi connectivity index (χ0) is 32.1. The molecule has 11 aromatic rings. The molecule has 49 heavy (non-hydrogen) atoms. The number of hydrogen-bond donors (Lipinski definition) is 0. The van der Waals surface area contributed by atoms with Gasteiger partial charge in [0.1, 0.15) is 11.2 Å². The molecule has 0 aliphatic carbocycles. The Kier molecular flexibility index (Phi) is 5.45. The van der Waals surface area contributed by atoms with Crippen LogP contribution in [0.4, 0.5) is 0 Å². The van der Waals surface area contributed by atoms with Crippen molar-refractivity contribution >= 4 is 75.8 Å². The Morgan fingerprint density at radius 1 is 0.265 bits per heavy atom. The molecular weight excluding hydrogens is 593 g/mol. The van der Waals surface area contributed by atoms with E-state index in [9.17, 15) is 0 Å². The third-order valence-electron chi connectivity index (χ3n) is 10.6. The number of hydrogen-bond acceptors (Lipinski definition) is 1. The number of rotatable bonds is 3. The Labute approximate surface area is 282 Å². The molecule has 0 unspecified atom stereocenters. The van der Waals surface area contributed by atoms with Gasteiger partial charge < -0.3 is 4.42 Å². The van der Waals surface area contributed by atoms with Crippen molar-refractivity contribution in [1.82, 2.24) is 0 Å². The van der Waals surface area contributed by atoms with E-state index in [2.05, 4.69) is 170 Å². The van der Waals surface area contributed by atoms with E-state index in [1.54, 1.807) is 0 Å². The second kappa shape index (κ2) is 10.0. The maximum Gasteiger partial charge on any atom is 0.143 e. The summed E-state index contributed by atoms with van der Waals surface area (Å²) in [7, 11) is 0. The van der Waals surface area contributed by atoms with E-state index in [4.69, 9.17) is 4.42 Å². The Bertz CT molecular complexity index is 3090. The summed E-state index contributed by atoms with van der Waals surface area (Å²) >= 11 is 0. The summed E-state index contributed by atoms with van der Waals surface area (Å²) in [4.78, 5) is 0. The average molecular weight is 621 g/mol. The molecule has 0 amide bonds. The van der Waals surface area contributed by atoms with Crippen LogP contribution in [0.2, 0.25) is 0 Å². The van der Waals surface area contributed by atoms with Gasteiger partial charge in [-0.25, -0.2) is 0 Å². The Hall–Kier alpha value is -6.44. The molecule has 0 spiro atoms. The van der Waals surface area contributed by atoms with Crippen LogP contribution in [0.15, 0.2) is 174 Å². The first kappa shape index (κ1) is 26.6. The number of benzene rings is 10. The fourth-order valence-corrected chi connectivity index (χ4v) is 8.32. The van der Waals surface area contributed by atoms with Gasteiger partial charge in [-0.05, 0) is 94.5 Å². The van der Waals surface area contributed by atoms with E-state index in [1.807, 2.05) is 0 Å². The smallest absolute Gasteiger partial charge is 0.143 e.